The van der Waals surface area contributed by atoms with Gasteiger partial charge in [-0.3, -0.25) is 9.46 Å². The van der Waals surface area contributed by atoms with Gasteiger partial charge in [0.05, 0.1) is 16.9 Å². The Morgan fingerprint density at radius 1 is 0.606 bits per heavy atom. The second-order valence-corrected chi connectivity index (χ2v) is 9.69. The second-order valence-electron chi connectivity index (χ2n) is 7.22. The number of hydrogen-bond donors (Lipinski definition) is 0. The van der Waals surface area contributed by atoms with Crippen LogP contribution in [0.3, 0.4) is 0 Å². The molecule has 4 aromatic carbocycles. The van der Waals surface area contributed by atoms with E-state index in [1.165, 1.54) is 12.1 Å². The van der Waals surface area contributed by atoms with Crippen LogP contribution in [-0.4, -0.2) is 0 Å². The summed E-state index contributed by atoms with van der Waals surface area (Å²) in [5, 5.41) is 1.17. The van der Waals surface area contributed by atoms with Gasteiger partial charge in [0.2, 0.25) is 7.14 Å². The van der Waals surface area contributed by atoms with Crippen LogP contribution in [-0.2, 0) is 10.7 Å². The van der Waals surface area contributed by atoms with E-state index in [4.69, 9.17) is 0 Å². The quantitative estimate of drug-likeness (QED) is 0.190. The standard InChI is InChI=1S/C27H19F3NOP/c28-27(29,30)22-16-18-24(19-17-22)31(23-10-4-1-5-11-23)20-21-33(32,25-12-6-2-7-13-25)26-14-8-3-9-15-26/h1-19H. The first kappa shape index (κ1) is 22.5. The minimum absolute atomic E-state index is 0.439. The lowest BCUT2D eigenvalue weighted by atomic mass is 10.2. The number of benzene rings is 4. The van der Waals surface area contributed by atoms with Crippen LogP contribution in [0, 0.1) is 11.7 Å². The number of nitrogens with zero attached hydrogens (tertiary/aromatic N) is 1. The Labute approximate surface area is 190 Å². The second kappa shape index (κ2) is 9.40. The third kappa shape index (κ3) is 5.03. The van der Waals surface area contributed by atoms with Crippen LogP contribution >= 0.6 is 7.14 Å². The van der Waals surface area contributed by atoms with Crippen molar-refractivity contribution in [3.63, 3.8) is 0 Å². The van der Waals surface area contributed by atoms with E-state index in [1.807, 2.05) is 30.3 Å². The summed E-state index contributed by atoms with van der Waals surface area (Å²) in [7, 11) is -3.34. The van der Waals surface area contributed by atoms with E-state index in [-0.39, 0.29) is 0 Å². The van der Waals surface area contributed by atoms with Crippen molar-refractivity contribution in [1.29, 1.82) is 0 Å². The first-order valence-electron chi connectivity index (χ1n) is 10.1. The molecule has 0 heterocycles. The predicted molar refractivity (Wildman–Crippen MR) is 128 cm³/mol. The number of hydrogen-bond acceptors (Lipinski definition) is 2. The molecule has 0 unspecified atom stereocenters. The number of halogens is 3. The maximum absolute atomic E-state index is 14.2. The van der Waals surface area contributed by atoms with Gasteiger partial charge in [-0.1, -0.05) is 78.9 Å². The van der Waals surface area contributed by atoms with Gasteiger partial charge in [0.15, 0.2) is 0 Å². The van der Waals surface area contributed by atoms with Crippen molar-refractivity contribution >= 4 is 29.1 Å². The van der Waals surface area contributed by atoms with Crippen LogP contribution in [0.2, 0.25) is 0 Å². The minimum atomic E-state index is -4.43. The van der Waals surface area contributed by atoms with Crippen molar-refractivity contribution in [1.82, 2.24) is 0 Å². The SMILES string of the molecule is O=P(C#CN(c1ccccc1)c1ccc(C(F)(F)F)cc1)(c1ccccc1)c1ccccc1. The average Bonchev–Trinajstić information content (AvgIpc) is 2.85. The maximum Gasteiger partial charge on any atom is 0.416 e. The van der Waals surface area contributed by atoms with Gasteiger partial charge in [-0.15, -0.1) is 0 Å². The third-order valence-corrected chi connectivity index (χ3v) is 7.49. The Hall–Kier alpha value is -3.74. The molecule has 0 saturated heterocycles. The Morgan fingerprint density at radius 3 is 1.48 bits per heavy atom. The van der Waals surface area contributed by atoms with Gasteiger partial charge in [-0.25, -0.2) is 0 Å². The van der Waals surface area contributed by atoms with E-state index >= 15 is 0 Å². The van der Waals surface area contributed by atoms with E-state index in [0.29, 0.717) is 22.0 Å². The summed E-state index contributed by atoms with van der Waals surface area (Å²) in [6.07, 6.45) is -4.43. The Bertz CT molecular complexity index is 1270. The first-order chi connectivity index (χ1) is 15.9. The highest BCUT2D eigenvalue weighted by molar-refractivity contribution is 7.83. The van der Waals surface area contributed by atoms with Gasteiger partial charge in [0.25, 0.3) is 0 Å². The summed E-state index contributed by atoms with van der Waals surface area (Å²) >= 11 is 0. The molecule has 0 aromatic heterocycles. The fourth-order valence-electron chi connectivity index (χ4n) is 3.33. The highest BCUT2D eigenvalue weighted by Gasteiger charge is 2.30. The van der Waals surface area contributed by atoms with Crippen molar-refractivity contribution in [3.8, 4) is 11.7 Å². The zero-order chi connectivity index (χ0) is 23.3. The van der Waals surface area contributed by atoms with Crippen LogP contribution in [0.5, 0.6) is 0 Å². The molecular weight excluding hydrogens is 442 g/mol. The molecular formula is C27H19F3NOP. The van der Waals surface area contributed by atoms with Gasteiger partial charge >= 0.3 is 6.18 Å². The summed E-state index contributed by atoms with van der Waals surface area (Å²) in [6.45, 7) is 0. The Balaban J connectivity index is 1.84. The zero-order valence-electron chi connectivity index (χ0n) is 17.4. The summed E-state index contributed by atoms with van der Waals surface area (Å²) < 4.78 is 53.4. The van der Waals surface area contributed by atoms with E-state index in [1.54, 1.807) is 65.6 Å². The lowest BCUT2D eigenvalue weighted by Crippen LogP contribution is -2.16. The average molecular weight is 461 g/mol. The molecule has 0 aliphatic rings. The van der Waals surface area contributed by atoms with Gasteiger partial charge < -0.3 is 0 Å². The molecule has 0 N–H and O–H groups in total. The Kier molecular flexibility index (Phi) is 6.40. The molecule has 0 fully saturated rings. The van der Waals surface area contributed by atoms with Crippen LogP contribution < -0.4 is 15.5 Å². The van der Waals surface area contributed by atoms with Crippen molar-refractivity contribution < 1.29 is 17.7 Å². The number of rotatable bonds is 4. The molecule has 4 aromatic rings. The fourth-order valence-corrected chi connectivity index (χ4v) is 5.31. The fraction of sp³-hybridized carbons (Fsp3) is 0.0370. The summed E-state index contributed by atoms with van der Waals surface area (Å²) in [4.78, 5) is 1.55. The van der Waals surface area contributed by atoms with Crippen molar-refractivity contribution in [2.24, 2.45) is 0 Å². The minimum Gasteiger partial charge on any atom is -0.300 e. The molecule has 2 nitrogen and oxygen atoms in total. The topological polar surface area (TPSA) is 20.3 Å². The number of alkyl halides is 3. The number of anilines is 2. The van der Waals surface area contributed by atoms with Gasteiger partial charge in [-0.05, 0) is 42.1 Å². The smallest absolute Gasteiger partial charge is 0.300 e. The monoisotopic (exact) mass is 461 g/mol. The van der Waals surface area contributed by atoms with Crippen LogP contribution in [0.1, 0.15) is 5.56 Å². The van der Waals surface area contributed by atoms with Crippen molar-refractivity contribution in [3.05, 3.63) is 121 Å². The highest BCUT2D eigenvalue weighted by Crippen LogP contribution is 2.42. The zero-order valence-corrected chi connectivity index (χ0v) is 18.3. The lowest BCUT2D eigenvalue weighted by Gasteiger charge is -2.20. The molecule has 0 aliphatic carbocycles. The number of para-hydroxylation sites is 1. The van der Waals surface area contributed by atoms with E-state index in [9.17, 15) is 17.7 Å². The highest BCUT2D eigenvalue weighted by atomic mass is 31.2. The van der Waals surface area contributed by atoms with Crippen molar-refractivity contribution in [2.45, 2.75) is 6.18 Å². The molecule has 33 heavy (non-hydrogen) atoms. The molecule has 0 aliphatic heterocycles. The van der Waals surface area contributed by atoms with Crippen LogP contribution in [0.4, 0.5) is 24.5 Å². The molecule has 0 saturated carbocycles. The molecule has 164 valence electrons. The maximum atomic E-state index is 14.2. The molecule has 0 spiro atoms. The van der Waals surface area contributed by atoms with Crippen molar-refractivity contribution in [2.75, 3.05) is 4.90 Å². The predicted octanol–water partition coefficient (Wildman–Crippen LogP) is 6.78. The van der Waals surface area contributed by atoms with E-state index < -0.39 is 18.9 Å². The van der Waals surface area contributed by atoms with E-state index in [2.05, 4.69) is 11.7 Å². The Morgan fingerprint density at radius 2 is 1.03 bits per heavy atom. The van der Waals surface area contributed by atoms with Gasteiger partial charge in [0, 0.05) is 16.7 Å². The van der Waals surface area contributed by atoms with Crippen LogP contribution in [0.25, 0.3) is 0 Å². The largest absolute Gasteiger partial charge is 0.416 e. The van der Waals surface area contributed by atoms with E-state index in [0.717, 1.165) is 12.1 Å². The molecule has 0 atom stereocenters. The molecule has 4 rings (SSSR count). The lowest BCUT2D eigenvalue weighted by molar-refractivity contribution is -0.137. The summed E-state index contributed by atoms with van der Waals surface area (Å²) in [5.74, 6) is 0. The van der Waals surface area contributed by atoms with Crippen LogP contribution in [0.15, 0.2) is 115 Å². The first-order valence-corrected chi connectivity index (χ1v) is 11.9. The molecule has 0 amide bonds. The van der Waals surface area contributed by atoms with Gasteiger partial charge in [-0.2, -0.15) is 13.2 Å². The van der Waals surface area contributed by atoms with Gasteiger partial charge in [0.1, 0.15) is 0 Å². The molecule has 6 heteroatoms. The molecule has 0 bridgehead atoms. The molecule has 0 radical (unpaired) electrons. The normalized spacial score (nSPS) is 11.4. The summed E-state index contributed by atoms with van der Waals surface area (Å²) in [5.41, 5.74) is 3.33. The summed E-state index contributed by atoms with van der Waals surface area (Å²) in [6, 6.07) is 34.8. The third-order valence-electron chi connectivity index (χ3n) is 5.03.